The van der Waals surface area contributed by atoms with E-state index in [4.69, 9.17) is 27.9 Å². The molecule has 1 aromatic heterocycles. The highest BCUT2D eigenvalue weighted by molar-refractivity contribution is 6.35. The minimum Gasteiger partial charge on any atom is -0.494 e. The maximum Gasteiger partial charge on any atom is 0.223 e. The van der Waals surface area contributed by atoms with Crippen molar-refractivity contribution in [2.75, 3.05) is 12.4 Å². The Hall–Kier alpha value is -1.52. The van der Waals surface area contributed by atoms with Crippen molar-refractivity contribution in [3.8, 4) is 5.75 Å². The Kier molecular flexibility index (Phi) is 4.45. The predicted molar refractivity (Wildman–Crippen MR) is 77.1 cm³/mol. The van der Waals surface area contributed by atoms with Crippen LogP contribution in [0.1, 0.15) is 18.5 Å². The van der Waals surface area contributed by atoms with Gasteiger partial charge in [-0.3, -0.25) is 0 Å². The van der Waals surface area contributed by atoms with Crippen LogP contribution in [0, 0.1) is 0 Å². The van der Waals surface area contributed by atoms with E-state index in [1.54, 1.807) is 31.6 Å². The van der Waals surface area contributed by atoms with E-state index in [2.05, 4.69) is 15.3 Å². The molecule has 1 N–H and O–H groups in total. The summed E-state index contributed by atoms with van der Waals surface area (Å²) in [5.41, 5.74) is 0.936. The number of hydrogen-bond acceptors (Lipinski definition) is 4. The number of methoxy groups -OCH3 is 1. The van der Waals surface area contributed by atoms with Crippen LogP contribution in [0.15, 0.2) is 30.6 Å². The van der Waals surface area contributed by atoms with Crippen LogP contribution in [-0.4, -0.2) is 17.1 Å². The molecule has 0 saturated heterocycles. The van der Waals surface area contributed by atoms with E-state index in [-0.39, 0.29) is 6.04 Å². The molecule has 100 valence electrons. The molecule has 0 saturated carbocycles. The molecule has 1 atom stereocenters. The van der Waals surface area contributed by atoms with Crippen molar-refractivity contribution < 1.29 is 4.74 Å². The molecule has 2 rings (SSSR count). The minimum atomic E-state index is -0.0295. The summed E-state index contributed by atoms with van der Waals surface area (Å²) in [6.45, 7) is 1.97. The van der Waals surface area contributed by atoms with Gasteiger partial charge in [0.15, 0.2) is 5.75 Å². The molecule has 1 aromatic carbocycles. The summed E-state index contributed by atoms with van der Waals surface area (Å²) < 4.78 is 5.00. The minimum absolute atomic E-state index is 0.0295. The third kappa shape index (κ3) is 3.49. The lowest BCUT2D eigenvalue weighted by molar-refractivity contribution is 0.411. The first-order chi connectivity index (χ1) is 9.10. The Morgan fingerprint density at radius 1 is 1.21 bits per heavy atom. The van der Waals surface area contributed by atoms with Gasteiger partial charge in [-0.2, -0.15) is 0 Å². The molecule has 0 radical (unpaired) electrons. The molecule has 1 heterocycles. The highest BCUT2D eigenvalue weighted by Gasteiger charge is 2.11. The maximum absolute atomic E-state index is 6.15. The van der Waals surface area contributed by atoms with Crippen LogP contribution >= 0.6 is 23.2 Å². The second-order valence-corrected chi connectivity index (χ2v) is 4.82. The lowest BCUT2D eigenvalue weighted by Gasteiger charge is -2.15. The number of nitrogens with one attached hydrogen (secondary N) is 1. The molecule has 0 aliphatic carbocycles. The third-order valence-electron chi connectivity index (χ3n) is 2.64. The normalized spacial score (nSPS) is 12.0. The van der Waals surface area contributed by atoms with Crippen LogP contribution in [0.2, 0.25) is 10.0 Å². The largest absolute Gasteiger partial charge is 0.494 e. The molecule has 1 unspecified atom stereocenters. The van der Waals surface area contributed by atoms with Crippen LogP contribution in [0.3, 0.4) is 0 Å². The summed E-state index contributed by atoms with van der Waals surface area (Å²) in [7, 11) is 1.57. The second kappa shape index (κ2) is 6.08. The molecule has 4 nitrogen and oxygen atoms in total. The van der Waals surface area contributed by atoms with E-state index in [0.717, 1.165) is 5.56 Å². The fraction of sp³-hybridized carbons (Fsp3) is 0.231. The van der Waals surface area contributed by atoms with Gasteiger partial charge in [0.05, 0.1) is 25.5 Å². The molecular weight excluding hydrogens is 285 g/mol. The van der Waals surface area contributed by atoms with Gasteiger partial charge in [0.1, 0.15) is 0 Å². The zero-order valence-corrected chi connectivity index (χ0v) is 12.0. The quantitative estimate of drug-likeness (QED) is 0.928. The fourth-order valence-corrected chi connectivity index (χ4v) is 2.19. The topological polar surface area (TPSA) is 47.0 Å². The van der Waals surface area contributed by atoms with Gasteiger partial charge in [-0.1, -0.05) is 29.3 Å². The highest BCUT2D eigenvalue weighted by Crippen LogP contribution is 2.27. The summed E-state index contributed by atoms with van der Waals surface area (Å²) in [5, 5.41) is 4.39. The number of hydrogen-bond donors (Lipinski definition) is 1. The smallest absolute Gasteiger partial charge is 0.223 e. The summed E-state index contributed by atoms with van der Waals surface area (Å²) in [4.78, 5) is 8.29. The first-order valence-electron chi connectivity index (χ1n) is 5.67. The average molecular weight is 298 g/mol. The summed E-state index contributed by atoms with van der Waals surface area (Å²) in [6.07, 6.45) is 3.21. The first kappa shape index (κ1) is 13.9. The summed E-state index contributed by atoms with van der Waals surface area (Å²) >= 11 is 12.0. The van der Waals surface area contributed by atoms with Gasteiger partial charge in [-0.15, -0.1) is 0 Å². The Bertz CT molecular complexity index is 560. The van der Waals surface area contributed by atoms with Crippen molar-refractivity contribution in [1.82, 2.24) is 9.97 Å². The van der Waals surface area contributed by atoms with E-state index in [9.17, 15) is 0 Å². The predicted octanol–water partition coefficient (Wildman–Crippen LogP) is 3.97. The monoisotopic (exact) mass is 297 g/mol. The first-order valence-corrected chi connectivity index (χ1v) is 6.43. The molecule has 0 spiro atoms. The third-order valence-corrected chi connectivity index (χ3v) is 3.20. The van der Waals surface area contributed by atoms with Crippen molar-refractivity contribution in [3.05, 3.63) is 46.2 Å². The van der Waals surface area contributed by atoms with Crippen molar-refractivity contribution in [1.29, 1.82) is 0 Å². The Balaban J connectivity index is 2.13. The van der Waals surface area contributed by atoms with Crippen molar-refractivity contribution in [2.45, 2.75) is 13.0 Å². The van der Waals surface area contributed by atoms with Gasteiger partial charge < -0.3 is 10.1 Å². The lowest BCUT2D eigenvalue weighted by atomic mass is 10.1. The average Bonchev–Trinajstić information content (AvgIpc) is 2.39. The van der Waals surface area contributed by atoms with Gasteiger partial charge in [-0.25, -0.2) is 9.97 Å². The van der Waals surface area contributed by atoms with Gasteiger partial charge >= 0.3 is 0 Å². The Labute approximate surface area is 121 Å². The molecule has 2 aromatic rings. The van der Waals surface area contributed by atoms with E-state index in [0.29, 0.717) is 21.7 Å². The molecule has 0 bridgehead atoms. The lowest BCUT2D eigenvalue weighted by Crippen LogP contribution is -2.09. The Morgan fingerprint density at radius 3 is 2.47 bits per heavy atom. The second-order valence-electron chi connectivity index (χ2n) is 3.98. The number of aromatic nitrogens is 2. The molecule has 19 heavy (non-hydrogen) atoms. The van der Waals surface area contributed by atoms with Gasteiger partial charge in [-0.05, 0) is 24.6 Å². The standard InChI is InChI=1S/C13H13Cl2N3O/c1-8(11-4-3-9(14)5-12(11)15)18-13-16-6-10(19-2)7-17-13/h3-8H,1-2H3,(H,16,17,18). The van der Waals surface area contributed by atoms with Crippen LogP contribution in [0.25, 0.3) is 0 Å². The molecule has 0 amide bonds. The van der Waals surface area contributed by atoms with E-state index in [1.807, 2.05) is 13.0 Å². The highest BCUT2D eigenvalue weighted by atomic mass is 35.5. The van der Waals surface area contributed by atoms with Crippen LogP contribution in [0.5, 0.6) is 5.75 Å². The maximum atomic E-state index is 6.15. The number of benzene rings is 1. The number of nitrogens with zero attached hydrogens (tertiary/aromatic N) is 2. The SMILES string of the molecule is COc1cnc(NC(C)c2ccc(Cl)cc2Cl)nc1. The van der Waals surface area contributed by atoms with Crippen LogP contribution < -0.4 is 10.1 Å². The van der Waals surface area contributed by atoms with Crippen molar-refractivity contribution in [3.63, 3.8) is 0 Å². The number of rotatable bonds is 4. The Morgan fingerprint density at radius 2 is 1.89 bits per heavy atom. The van der Waals surface area contributed by atoms with Crippen molar-refractivity contribution in [2.24, 2.45) is 0 Å². The van der Waals surface area contributed by atoms with E-state index < -0.39 is 0 Å². The summed E-state index contributed by atoms with van der Waals surface area (Å²) in [5.74, 6) is 1.13. The van der Waals surface area contributed by atoms with Crippen molar-refractivity contribution >= 4 is 29.2 Å². The molecule has 0 fully saturated rings. The number of halogens is 2. The number of ether oxygens (including phenoxy) is 1. The van der Waals surface area contributed by atoms with E-state index >= 15 is 0 Å². The zero-order valence-electron chi connectivity index (χ0n) is 10.5. The molecule has 6 heteroatoms. The van der Waals surface area contributed by atoms with Gasteiger partial charge in [0.2, 0.25) is 5.95 Å². The summed E-state index contributed by atoms with van der Waals surface area (Å²) in [6, 6.07) is 5.37. The van der Waals surface area contributed by atoms with Crippen LogP contribution in [0.4, 0.5) is 5.95 Å². The molecular formula is C13H13Cl2N3O. The van der Waals surface area contributed by atoms with E-state index in [1.165, 1.54) is 0 Å². The molecule has 0 aliphatic rings. The van der Waals surface area contributed by atoms with Gasteiger partial charge in [0.25, 0.3) is 0 Å². The fourth-order valence-electron chi connectivity index (χ4n) is 1.62. The van der Waals surface area contributed by atoms with Crippen LogP contribution in [-0.2, 0) is 0 Å². The number of anilines is 1. The molecule has 0 aliphatic heterocycles. The van der Waals surface area contributed by atoms with Gasteiger partial charge in [0, 0.05) is 10.0 Å². The zero-order chi connectivity index (χ0) is 13.8.